The van der Waals surface area contributed by atoms with Crippen molar-refractivity contribution in [3.8, 4) is 11.1 Å². The molecule has 1 aliphatic rings. The summed E-state index contributed by atoms with van der Waals surface area (Å²) in [6.07, 6.45) is 14.2. The molecule has 9 heteroatoms. The van der Waals surface area contributed by atoms with Gasteiger partial charge in [-0.15, -0.1) is 0 Å². The molecule has 1 aliphatic carbocycles. The van der Waals surface area contributed by atoms with Gasteiger partial charge in [-0.2, -0.15) is 22.0 Å². The molecule has 4 rings (SSSR count). The Bertz CT molecular complexity index is 1290. The second-order valence-corrected chi connectivity index (χ2v) is 11.9. The number of aryl methyl sites for hydroxylation is 1. The van der Waals surface area contributed by atoms with Crippen molar-refractivity contribution in [3.63, 3.8) is 0 Å². The zero-order valence-electron chi connectivity index (χ0n) is 25.0. The van der Waals surface area contributed by atoms with Crippen LogP contribution in [0.4, 0.5) is 0 Å². The first-order chi connectivity index (χ1) is 20.0. The van der Waals surface area contributed by atoms with Crippen molar-refractivity contribution in [2.45, 2.75) is 77.0 Å². The van der Waals surface area contributed by atoms with Crippen molar-refractivity contribution in [1.82, 2.24) is 15.5 Å². The van der Waals surface area contributed by atoms with Crippen LogP contribution in [0.3, 0.4) is 0 Å². The van der Waals surface area contributed by atoms with Crippen LogP contribution in [-0.4, -0.2) is 40.1 Å². The molecule has 1 amide bonds. The molecule has 1 unspecified atom stereocenters. The smallest absolute Gasteiger partial charge is 0.548 e. The van der Waals surface area contributed by atoms with Crippen LogP contribution in [0, 0.1) is 12.8 Å². The summed E-state index contributed by atoms with van der Waals surface area (Å²) in [6.45, 7) is 2.37. The largest absolute Gasteiger partial charge is 1.00 e. The minimum Gasteiger partial charge on any atom is -0.548 e. The molecular weight excluding hydrogens is 541 g/mol. The molecule has 7 nitrogen and oxygen atoms in total. The summed E-state index contributed by atoms with van der Waals surface area (Å²) in [5.41, 5.74) is 5.05. The van der Waals surface area contributed by atoms with Crippen molar-refractivity contribution in [3.05, 3.63) is 83.2 Å². The van der Waals surface area contributed by atoms with Gasteiger partial charge in [0.2, 0.25) is 0 Å². The van der Waals surface area contributed by atoms with Gasteiger partial charge >= 0.3 is 18.9 Å². The van der Waals surface area contributed by atoms with E-state index in [2.05, 4.69) is 15.5 Å². The molecule has 42 heavy (non-hydrogen) atoms. The number of aliphatic carboxylic acids is 1. The van der Waals surface area contributed by atoms with Crippen LogP contribution in [0.5, 0.6) is 0 Å². The Morgan fingerprint density at radius 3 is 2.52 bits per heavy atom. The molecule has 218 valence electrons. The Hall–Kier alpha value is -2.63. The van der Waals surface area contributed by atoms with E-state index in [9.17, 15) is 14.7 Å². The number of nitrogens with one attached hydrogen (secondary N) is 1. The van der Waals surface area contributed by atoms with E-state index in [1.807, 2.05) is 55.6 Å². The number of ether oxygens (including phenoxy) is 1. The fourth-order valence-electron chi connectivity index (χ4n) is 5.60. The van der Waals surface area contributed by atoms with Crippen LogP contribution in [0.15, 0.2) is 60.9 Å². The predicted molar refractivity (Wildman–Crippen MR) is 161 cm³/mol. The topological polar surface area (TPSA) is 104 Å². The van der Waals surface area contributed by atoms with Gasteiger partial charge in [-0.25, -0.2) is 0 Å². The maximum absolute atomic E-state index is 13.4. The van der Waals surface area contributed by atoms with E-state index in [0.29, 0.717) is 24.3 Å². The van der Waals surface area contributed by atoms with Gasteiger partial charge in [0.1, 0.15) is 0 Å². The number of rotatable bonds is 14. The molecule has 0 bridgehead atoms. The van der Waals surface area contributed by atoms with E-state index in [-0.39, 0.29) is 25.0 Å². The number of aromatic nitrogens is 2. The van der Waals surface area contributed by atoms with Crippen LogP contribution in [-0.2, 0) is 16.1 Å². The average molecular weight is 582 g/mol. The Kier molecular flexibility index (Phi) is 14.1. The Morgan fingerprint density at radius 1 is 1.05 bits per heavy atom. The normalized spacial score (nSPS) is 14.9. The number of carboxylic acid groups (broad SMARTS) is 1. The second-order valence-electron chi connectivity index (χ2n) is 10.9. The van der Waals surface area contributed by atoms with Crippen LogP contribution >= 0.6 is 11.8 Å². The van der Waals surface area contributed by atoms with Crippen LogP contribution < -0.4 is 29.3 Å². The van der Waals surface area contributed by atoms with Gasteiger partial charge in [0.15, 0.2) is 0 Å². The first kappa shape index (κ1) is 33.9. The van der Waals surface area contributed by atoms with E-state index in [0.717, 1.165) is 46.6 Å². The quantitative estimate of drug-likeness (QED) is 0.292. The SMILES string of the molecule is CSCC[C@H](NC(=O)c1ccc(COC(CCC2CCCCC2)c2ccnnc2)cc1-c1ccccc1C)C(=O)[O-].[Li+]. The van der Waals surface area contributed by atoms with Crippen molar-refractivity contribution < 1.29 is 38.3 Å². The molecule has 1 heterocycles. The van der Waals surface area contributed by atoms with Crippen LogP contribution in [0.25, 0.3) is 11.1 Å². The molecular formula is C33H40LiN3O4S. The number of thioether (sulfide) groups is 1. The molecule has 1 saturated carbocycles. The summed E-state index contributed by atoms with van der Waals surface area (Å²) in [5.74, 6) is -0.357. The van der Waals surface area contributed by atoms with E-state index < -0.39 is 17.9 Å². The van der Waals surface area contributed by atoms with Gasteiger partial charge < -0.3 is 20.0 Å². The summed E-state index contributed by atoms with van der Waals surface area (Å²) in [4.78, 5) is 25.1. The van der Waals surface area contributed by atoms with E-state index in [4.69, 9.17) is 4.74 Å². The third kappa shape index (κ3) is 9.70. The molecule has 0 spiro atoms. The molecule has 2 aromatic carbocycles. The molecule has 1 aromatic heterocycles. The van der Waals surface area contributed by atoms with Gasteiger partial charge in [0.25, 0.3) is 5.91 Å². The molecule has 1 fully saturated rings. The molecule has 0 radical (unpaired) electrons. The number of hydrogen-bond donors (Lipinski definition) is 1. The Morgan fingerprint density at radius 2 is 1.83 bits per heavy atom. The summed E-state index contributed by atoms with van der Waals surface area (Å²) >= 11 is 1.53. The minimum absolute atomic E-state index is 0. The monoisotopic (exact) mass is 581 g/mol. The zero-order chi connectivity index (χ0) is 29.0. The standard InChI is InChI=1S/C33H41N3O4S.Li/c1-23-8-6-7-11-27(23)29-20-25(12-14-28(29)32(37)36-30(33(38)39)17-19-41-2)22-40-31(26-16-18-34-35-21-26)15-13-24-9-4-3-5-10-24;/h6-8,11-12,14,16,18,20-21,24,30-31H,3-5,9-10,13,15,17,19,22H2,1-2H3,(H,36,37)(H,38,39);/q;+1/p-1/t30-,31?;/m0./s1. The maximum Gasteiger partial charge on any atom is 1.00 e. The number of amides is 1. The number of benzene rings is 2. The van der Waals surface area contributed by atoms with Gasteiger partial charge in [0, 0.05) is 17.3 Å². The molecule has 0 aliphatic heterocycles. The van der Waals surface area contributed by atoms with Crippen molar-refractivity contribution >= 4 is 23.6 Å². The predicted octanol–water partition coefficient (Wildman–Crippen LogP) is 2.68. The average Bonchev–Trinajstić information content (AvgIpc) is 3.00. The molecule has 0 saturated heterocycles. The molecule has 2 atom stereocenters. The zero-order valence-corrected chi connectivity index (χ0v) is 25.8. The summed E-state index contributed by atoms with van der Waals surface area (Å²) in [7, 11) is 0. The first-order valence-corrected chi connectivity index (χ1v) is 15.9. The summed E-state index contributed by atoms with van der Waals surface area (Å²) in [6, 6.07) is 14.4. The van der Waals surface area contributed by atoms with E-state index in [1.165, 1.54) is 43.9 Å². The fraction of sp³-hybridized carbons (Fsp3) is 0.455. The van der Waals surface area contributed by atoms with Gasteiger partial charge in [-0.05, 0) is 84.6 Å². The number of carboxylic acids is 1. The maximum atomic E-state index is 13.4. The van der Waals surface area contributed by atoms with E-state index >= 15 is 0 Å². The van der Waals surface area contributed by atoms with Crippen LogP contribution in [0.1, 0.15) is 84.5 Å². The van der Waals surface area contributed by atoms with Gasteiger partial charge in [0.05, 0.1) is 30.9 Å². The van der Waals surface area contributed by atoms with Crippen LogP contribution in [0.2, 0.25) is 0 Å². The third-order valence-corrected chi connectivity index (χ3v) is 8.60. The first-order valence-electron chi connectivity index (χ1n) is 14.5. The summed E-state index contributed by atoms with van der Waals surface area (Å²) < 4.78 is 6.51. The minimum atomic E-state index is -1.28. The molecule has 3 aromatic rings. The number of carbonyl (C=O) groups excluding carboxylic acids is 2. The van der Waals surface area contributed by atoms with Crippen molar-refractivity contribution in [2.75, 3.05) is 12.0 Å². The second kappa shape index (κ2) is 17.5. The molecule has 1 N–H and O–H groups in total. The van der Waals surface area contributed by atoms with Crippen molar-refractivity contribution in [2.24, 2.45) is 5.92 Å². The fourth-order valence-corrected chi connectivity index (χ4v) is 6.07. The number of carbonyl (C=O) groups is 2. The Balaban J connectivity index is 0.00000484. The number of nitrogens with zero attached hydrogens (tertiary/aromatic N) is 2. The van der Waals surface area contributed by atoms with Gasteiger partial charge in [-0.3, -0.25) is 4.79 Å². The van der Waals surface area contributed by atoms with Gasteiger partial charge in [-0.1, -0.05) is 62.4 Å². The summed E-state index contributed by atoms with van der Waals surface area (Å²) in [5, 5.41) is 22.4. The van der Waals surface area contributed by atoms with Crippen molar-refractivity contribution in [1.29, 1.82) is 0 Å². The third-order valence-electron chi connectivity index (χ3n) is 7.96. The Labute approximate surface area is 265 Å². The number of hydrogen-bond acceptors (Lipinski definition) is 7. The van der Waals surface area contributed by atoms with E-state index in [1.54, 1.807) is 18.5 Å².